The van der Waals surface area contributed by atoms with Crippen LogP contribution in [0, 0.1) is 0 Å². The Kier molecular flexibility index (Phi) is 4.13. The van der Waals surface area contributed by atoms with Gasteiger partial charge in [-0.25, -0.2) is 18.6 Å². The van der Waals surface area contributed by atoms with E-state index in [1.165, 1.54) is 6.07 Å². The quantitative estimate of drug-likeness (QED) is 0.787. The highest BCUT2D eigenvalue weighted by Crippen LogP contribution is 2.36. The third-order valence-electron chi connectivity index (χ3n) is 4.34. The molecule has 1 aromatic heterocycles. The standard InChI is InChI=1S/C17H23F2N3O2/c1-10-8-21(16(23)24-17(2,3)4)9-12-7-11-5-6-13(14(18)19)20-15(11)22(10)12/h5-6,10,12,14H,7-9H2,1-4H3/t10-,12-/m1/s1. The fourth-order valence-corrected chi connectivity index (χ4v) is 3.45. The van der Waals surface area contributed by atoms with E-state index in [9.17, 15) is 13.6 Å². The van der Waals surface area contributed by atoms with Crippen molar-refractivity contribution in [1.82, 2.24) is 9.88 Å². The normalized spacial score (nSPS) is 23.3. The van der Waals surface area contributed by atoms with Crippen molar-refractivity contribution in [3.8, 4) is 0 Å². The van der Waals surface area contributed by atoms with E-state index in [-0.39, 0.29) is 23.9 Å². The lowest BCUT2D eigenvalue weighted by atomic mass is 10.1. The first-order valence-electron chi connectivity index (χ1n) is 8.20. The molecule has 3 rings (SSSR count). The third-order valence-corrected chi connectivity index (χ3v) is 4.34. The fraction of sp³-hybridized carbons (Fsp3) is 0.647. The van der Waals surface area contributed by atoms with Gasteiger partial charge < -0.3 is 14.5 Å². The highest BCUT2D eigenvalue weighted by Gasteiger charge is 2.41. The molecule has 132 valence electrons. The van der Waals surface area contributed by atoms with Gasteiger partial charge in [0.2, 0.25) is 0 Å². The zero-order chi connectivity index (χ0) is 17.6. The summed E-state index contributed by atoms with van der Waals surface area (Å²) in [6, 6.07) is 3.17. The summed E-state index contributed by atoms with van der Waals surface area (Å²) in [5.74, 6) is 0.633. The van der Waals surface area contributed by atoms with Gasteiger partial charge in [0.15, 0.2) is 0 Å². The summed E-state index contributed by atoms with van der Waals surface area (Å²) in [5.41, 5.74) is 0.225. The molecule has 7 heteroatoms. The lowest BCUT2D eigenvalue weighted by Crippen LogP contribution is -2.58. The molecule has 2 aliphatic rings. The van der Waals surface area contributed by atoms with E-state index in [1.807, 2.05) is 27.7 Å². The van der Waals surface area contributed by atoms with Crippen molar-refractivity contribution in [1.29, 1.82) is 0 Å². The van der Waals surface area contributed by atoms with Crippen LogP contribution < -0.4 is 4.90 Å². The number of hydrogen-bond donors (Lipinski definition) is 0. The molecule has 0 N–H and O–H groups in total. The Balaban J connectivity index is 1.79. The number of ether oxygens (including phenoxy) is 1. The zero-order valence-electron chi connectivity index (χ0n) is 14.4. The first kappa shape index (κ1) is 16.9. The zero-order valence-corrected chi connectivity index (χ0v) is 14.4. The summed E-state index contributed by atoms with van der Waals surface area (Å²) in [6.07, 6.45) is -2.20. The topological polar surface area (TPSA) is 45.7 Å². The van der Waals surface area contributed by atoms with E-state index < -0.39 is 12.0 Å². The summed E-state index contributed by atoms with van der Waals surface area (Å²) in [6.45, 7) is 8.50. The maximum atomic E-state index is 12.9. The predicted molar refractivity (Wildman–Crippen MR) is 86.4 cm³/mol. The smallest absolute Gasteiger partial charge is 0.410 e. The van der Waals surface area contributed by atoms with Gasteiger partial charge in [-0.05, 0) is 45.7 Å². The Hall–Kier alpha value is -1.92. The van der Waals surface area contributed by atoms with Gasteiger partial charge in [-0.1, -0.05) is 6.07 Å². The second-order valence-electron chi connectivity index (χ2n) is 7.52. The first-order valence-corrected chi connectivity index (χ1v) is 8.20. The number of alkyl halides is 2. The summed E-state index contributed by atoms with van der Waals surface area (Å²) in [4.78, 5) is 20.3. The number of anilines is 1. The maximum Gasteiger partial charge on any atom is 0.410 e. The van der Waals surface area contributed by atoms with Crippen LogP contribution in [0.25, 0.3) is 0 Å². The van der Waals surface area contributed by atoms with Crippen molar-refractivity contribution < 1.29 is 18.3 Å². The van der Waals surface area contributed by atoms with E-state index in [0.29, 0.717) is 25.3 Å². The van der Waals surface area contributed by atoms with Crippen LogP contribution in [0.15, 0.2) is 12.1 Å². The number of halogens is 2. The number of rotatable bonds is 1. The van der Waals surface area contributed by atoms with E-state index >= 15 is 0 Å². The minimum atomic E-state index is -2.58. The monoisotopic (exact) mass is 339 g/mol. The summed E-state index contributed by atoms with van der Waals surface area (Å²) in [7, 11) is 0. The molecular weight excluding hydrogens is 316 g/mol. The molecule has 1 fully saturated rings. The summed E-state index contributed by atoms with van der Waals surface area (Å²) in [5, 5.41) is 0. The Morgan fingerprint density at radius 2 is 2.04 bits per heavy atom. The molecule has 5 nitrogen and oxygen atoms in total. The molecule has 1 aromatic rings. The van der Waals surface area contributed by atoms with Crippen molar-refractivity contribution in [3.05, 3.63) is 23.4 Å². The molecule has 2 atom stereocenters. The van der Waals surface area contributed by atoms with Crippen LogP contribution in [-0.2, 0) is 11.2 Å². The second kappa shape index (κ2) is 5.86. The molecule has 2 aliphatic heterocycles. The average molecular weight is 339 g/mol. The van der Waals surface area contributed by atoms with Crippen molar-refractivity contribution in [3.63, 3.8) is 0 Å². The Bertz CT molecular complexity index is 645. The van der Waals surface area contributed by atoms with Crippen LogP contribution in [0.5, 0.6) is 0 Å². The van der Waals surface area contributed by atoms with Crippen LogP contribution in [0.4, 0.5) is 19.4 Å². The number of pyridine rings is 1. The molecule has 0 unspecified atom stereocenters. The van der Waals surface area contributed by atoms with Gasteiger partial charge >= 0.3 is 6.09 Å². The number of hydrogen-bond acceptors (Lipinski definition) is 4. The fourth-order valence-electron chi connectivity index (χ4n) is 3.45. The molecule has 0 aromatic carbocycles. The molecule has 0 spiro atoms. The Morgan fingerprint density at radius 3 is 2.67 bits per heavy atom. The predicted octanol–water partition coefficient (Wildman–Crippen LogP) is 3.39. The molecular formula is C17H23F2N3O2. The van der Waals surface area contributed by atoms with Gasteiger partial charge in [-0.3, -0.25) is 0 Å². The molecule has 0 bridgehead atoms. The first-order chi connectivity index (χ1) is 11.2. The molecule has 0 saturated carbocycles. The minimum Gasteiger partial charge on any atom is -0.444 e. The molecule has 0 radical (unpaired) electrons. The van der Waals surface area contributed by atoms with Gasteiger partial charge in [0.05, 0.1) is 6.04 Å². The van der Waals surface area contributed by atoms with Gasteiger partial charge in [-0.15, -0.1) is 0 Å². The van der Waals surface area contributed by atoms with Crippen LogP contribution >= 0.6 is 0 Å². The Labute approximate surface area is 140 Å². The summed E-state index contributed by atoms with van der Waals surface area (Å²) >= 11 is 0. The van der Waals surface area contributed by atoms with Crippen molar-refractivity contribution >= 4 is 11.9 Å². The Morgan fingerprint density at radius 1 is 1.33 bits per heavy atom. The number of carbonyl (C=O) groups excluding carboxylic acids is 1. The van der Waals surface area contributed by atoms with Crippen molar-refractivity contribution in [2.45, 2.75) is 58.2 Å². The van der Waals surface area contributed by atoms with Gasteiger partial charge in [0, 0.05) is 19.1 Å². The number of fused-ring (bicyclic) bond motifs is 3. The van der Waals surface area contributed by atoms with E-state index in [0.717, 1.165) is 5.56 Å². The van der Waals surface area contributed by atoms with Gasteiger partial charge in [-0.2, -0.15) is 0 Å². The van der Waals surface area contributed by atoms with E-state index in [1.54, 1.807) is 11.0 Å². The number of nitrogens with zero attached hydrogens (tertiary/aromatic N) is 3. The summed E-state index contributed by atoms with van der Waals surface area (Å²) < 4.78 is 31.3. The van der Waals surface area contributed by atoms with E-state index in [2.05, 4.69) is 9.88 Å². The van der Waals surface area contributed by atoms with Crippen LogP contribution in [0.1, 0.15) is 45.4 Å². The second-order valence-corrected chi connectivity index (χ2v) is 7.52. The minimum absolute atomic E-state index is 0.00191. The van der Waals surface area contributed by atoms with Crippen LogP contribution in [0.3, 0.4) is 0 Å². The molecule has 3 heterocycles. The highest BCUT2D eigenvalue weighted by atomic mass is 19.3. The maximum absolute atomic E-state index is 12.9. The lowest BCUT2D eigenvalue weighted by Gasteiger charge is -2.43. The molecule has 1 amide bonds. The van der Waals surface area contributed by atoms with E-state index in [4.69, 9.17) is 4.74 Å². The molecule has 0 aliphatic carbocycles. The SMILES string of the molecule is C[C@@H]1CN(C(=O)OC(C)(C)C)C[C@H]2Cc3ccc(C(F)F)nc3N21. The largest absolute Gasteiger partial charge is 0.444 e. The molecule has 1 saturated heterocycles. The van der Waals surface area contributed by atoms with Gasteiger partial charge in [0.1, 0.15) is 17.1 Å². The number of aromatic nitrogens is 1. The highest BCUT2D eigenvalue weighted by molar-refractivity contribution is 5.69. The van der Waals surface area contributed by atoms with Gasteiger partial charge in [0.25, 0.3) is 6.43 Å². The van der Waals surface area contributed by atoms with Crippen LogP contribution in [0.2, 0.25) is 0 Å². The number of amides is 1. The van der Waals surface area contributed by atoms with Crippen molar-refractivity contribution in [2.24, 2.45) is 0 Å². The van der Waals surface area contributed by atoms with Crippen LogP contribution in [-0.4, -0.2) is 46.8 Å². The van der Waals surface area contributed by atoms with Crippen molar-refractivity contribution in [2.75, 3.05) is 18.0 Å². The average Bonchev–Trinajstić information content (AvgIpc) is 2.82. The lowest BCUT2D eigenvalue weighted by molar-refractivity contribution is 0.0191. The number of carbonyl (C=O) groups is 1. The number of piperazine rings is 1. The third kappa shape index (κ3) is 3.16. The molecule has 24 heavy (non-hydrogen) atoms.